The largest absolute Gasteiger partial charge is 0.464 e. The van der Waals surface area contributed by atoms with Crippen LogP contribution in [0.2, 0.25) is 0 Å². The minimum Gasteiger partial charge on any atom is -0.464 e. The highest BCUT2D eigenvalue weighted by Gasteiger charge is 2.29. The molecular weight excluding hydrogens is 210 g/mol. The summed E-state index contributed by atoms with van der Waals surface area (Å²) >= 11 is 0. The van der Waals surface area contributed by atoms with Gasteiger partial charge in [-0.2, -0.15) is 0 Å². The molecule has 5 heteroatoms. The molecule has 1 amide bonds. The molecule has 2 unspecified atom stereocenters. The Hall–Kier alpha value is -1.36. The van der Waals surface area contributed by atoms with Crippen LogP contribution in [-0.2, 0) is 14.3 Å². The summed E-state index contributed by atoms with van der Waals surface area (Å²) in [5.74, 6) is -0.653. The van der Waals surface area contributed by atoms with Crippen molar-refractivity contribution in [2.75, 3.05) is 6.61 Å². The third-order valence-electron chi connectivity index (χ3n) is 2.09. The Bertz CT molecular complexity index is 252. The number of hydrogen-bond acceptors (Lipinski definition) is 4. The summed E-state index contributed by atoms with van der Waals surface area (Å²) in [5, 5.41) is 12.1. The summed E-state index contributed by atoms with van der Waals surface area (Å²) in [6.07, 6.45) is 0.665. The molecule has 0 bridgehead atoms. The van der Waals surface area contributed by atoms with Crippen LogP contribution in [0.25, 0.3) is 0 Å². The molecule has 0 aromatic heterocycles. The second kappa shape index (κ2) is 7.87. The standard InChI is InChI=1S/C11H19NO4/c1-4-6-8(3)10(14)9(12-7-13)11(15)16-5-2/h7,9-10,14H,3-6H2,1-2H3,(H,12,13). The van der Waals surface area contributed by atoms with E-state index in [1.54, 1.807) is 6.92 Å². The van der Waals surface area contributed by atoms with E-state index >= 15 is 0 Å². The molecule has 0 aromatic rings. The number of amides is 1. The highest BCUT2D eigenvalue weighted by Crippen LogP contribution is 2.12. The average Bonchev–Trinajstić information content (AvgIpc) is 2.25. The predicted molar refractivity (Wildman–Crippen MR) is 59.7 cm³/mol. The average molecular weight is 229 g/mol. The van der Waals surface area contributed by atoms with Crippen LogP contribution in [0.15, 0.2) is 12.2 Å². The maximum absolute atomic E-state index is 11.4. The Morgan fingerprint density at radius 2 is 2.19 bits per heavy atom. The molecule has 5 nitrogen and oxygen atoms in total. The lowest BCUT2D eigenvalue weighted by molar-refractivity contribution is -0.149. The summed E-state index contributed by atoms with van der Waals surface area (Å²) in [7, 11) is 0. The minimum absolute atomic E-state index is 0.197. The van der Waals surface area contributed by atoms with Crippen LogP contribution < -0.4 is 5.32 Å². The first-order chi connectivity index (χ1) is 7.58. The molecular formula is C11H19NO4. The van der Waals surface area contributed by atoms with E-state index in [0.29, 0.717) is 18.4 Å². The van der Waals surface area contributed by atoms with Crippen LogP contribution in [0, 0.1) is 0 Å². The van der Waals surface area contributed by atoms with Gasteiger partial charge in [-0.15, -0.1) is 0 Å². The van der Waals surface area contributed by atoms with Crippen LogP contribution in [-0.4, -0.2) is 36.2 Å². The summed E-state index contributed by atoms with van der Waals surface area (Å²) in [5.41, 5.74) is 0.509. The number of aliphatic hydroxyl groups is 1. The lowest BCUT2D eigenvalue weighted by atomic mass is 10.0. The molecule has 0 aliphatic rings. The van der Waals surface area contributed by atoms with Crippen molar-refractivity contribution < 1.29 is 19.4 Å². The van der Waals surface area contributed by atoms with Crippen molar-refractivity contribution in [1.29, 1.82) is 0 Å². The minimum atomic E-state index is -1.11. The fourth-order valence-electron chi connectivity index (χ4n) is 1.30. The van der Waals surface area contributed by atoms with Crippen molar-refractivity contribution in [2.45, 2.75) is 38.8 Å². The Morgan fingerprint density at radius 1 is 1.56 bits per heavy atom. The second-order valence-electron chi connectivity index (χ2n) is 3.37. The third-order valence-corrected chi connectivity index (χ3v) is 2.09. The molecule has 0 saturated carbocycles. The molecule has 0 spiro atoms. The van der Waals surface area contributed by atoms with Crippen LogP contribution in [0.3, 0.4) is 0 Å². The highest BCUT2D eigenvalue weighted by molar-refractivity contribution is 5.79. The third kappa shape index (κ3) is 4.44. The molecule has 0 fully saturated rings. The van der Waals surface area contributed by atoms with E-state index in [4.69, 9.17) is 4.74 Å². The fourth-order valence-corrected chi connectivity index (χ4v) is 1.30. The number of esters is 1. The van der Waals surface area contributed by atoms with Crippen LogP contribution in [0.1, 0.15) is 26.7 Å². The molecule has 0 aliphatic carbocycles. The van der Waals surface area contributed by atoms with Crippen molar-refractivity contribution in [2.24, 2.45) is 0 Å². The summed E-state index contributed by atoms with van der Waals surface area (Å²) < 4.78 is 4.74. The number of carbonyl (C=O) groups excluding carboxylic acids is 2. The Morgan fingerprint density at radius 3 is 2.62 bits per heavy atom. The molecule has 2 N–H and O–H groups in total. The normalized spacial score (nSPS) is 13.7. The summed E-state index contributed by atoms with van der Waals surface area (Å²) in [4.78, 5) is 21.8. The van der Waals surface area contributed by atoms with Crippen molar-refractivity contribution in [3.63, 3.8) is 0 Å². The van der Waals surface area contributed by atoms with Crippen molar-refractivity contribution in [3.05, 3.63) is 12.2 Å². The number of aliphatic hydroxyl groups excluding tert-OH is 1. The number of nitrogens with one attached hydrogen (secondary N) is 1. The molecule has 92 valence electrons. The molecule has 16 heavy (non-hydrogen) atoms. The second-order valence-corrected chi connectivity index (χ2v) is 3.37. The molecule has 0 aliphatic heterocycles. The van der Waals surface area contributed by atoms with E-state index in [0.717, 1.165) is 6.42 Å². The monoisotopic (exact) mass is 229 g/mol. The number of rotatable bonds is 8. The first-order valence-electron chi connectivity index (χ1n) is 5.30. The number of hydrogen-bond donors (Lipinski definition) is 2. The van der Waals surface area contributed by atoms with Gasteiger partial charge in [0.2, 0.25) is 6.41 Å². The summed E-state index contributed by atoms with van der Waals surface area (Å²) in [6, 6.07) is -1.07. The van der Waals surface area contributed by atoms with Gasteiger partial charge in [0.25, 0.3) is 0 Å². The van der Waals surface area contributed by atoms with Gasteiger partial charge in [0, 0.05) is 0 Å². The maximum Gasteiger partial charge on any atom is 0.331 e. The molecule has 0 saturated heterocycles. The Balaban J connectivity index is 4.56. The number of carbonyl (C=O) groups is 2. The van der Waals surface area contributed by atoms with Crippen molar-refractivity contribution in [3.8, 4) is 0 Å². The Kier molecular flexibility index (Phi) is 7.20. The van der Waals surface area contributed by atoms with Gasteiger partial charge >= 0.3 is 5.97 Å². The SMILES string of the molecule is C=C(CCC)C(O)C(NC=O)C(=O)OCC. The molecule has 2 atom stereocenters. The van der Waals surface area contributed by atoms with Gasteiger partial charge < -0.3 is 15.2 Å². The predicted octanol–water partition coefficient (Wildman–Crippen LogP) is 0.381. The van der Waals surface area contributed by atoms with E-state index in [2.05, 4.69) is 11.9 Å². The van der Waals surface area contributed by atoms with Crippen LogP contribution in [0.4, 0.5) is 0 Å². The molecule has 0 rings (SSSR count). The van der Waals surface area contributed by atoms with Crippen molar-refractivity contribution >= 4 is 12.4 Å². The zero-order chi connectivity index (χ0) is 12.6. The van der Waals surface area contributed by atoms with E-state index < -0.39 is 18.1 Å². The quantitative estimate of drug-likeness (QED) is 0.358. The lowest BCUT2D eigenvalue weighted by Gasteiger charge is -2.22. The van der Waals surface area contributed by atoms with Crippen LogP contribution >= 0.6 is 0 Å². The van der Waals surface area contributed by atoms with Crippen LogP contribution in [0.5, 0.6) is 0 Å². The van der Waals surface area contributed by atoms with Gasteiger partial charge in [0.1, 0.15) is 6.10 Å². The zero-order valence-electron chi connectivity index (χ0n) is 9.73. The van der Waals surface area contributed by atoms with Gasteiger partial charge in [-0.1, -0.05) is 19.9 Å². The molecule has 0 aromatic carbocycles. The molecule has 0 heterocycles. The first kappa shape index (κ1) is 14.6. The summed E-state index contributed by atoms with van der Waals surface area (Å²) in [6.45, 7) is 7.46. The first-order valence-corrected chi connectivity index (χ1v) is 5.30. The smallest absolute Gasteiger partial charge is 0.331 e. The highest BCUT2D eigenvalue weighted by atomic mass is 16.5. The number of ether oxygens (including phenoxy) is 1. The van der Waals surface area contributed by atoms with E-state index in [9.17, 15) is 14.7 Å². The molecule has 0 radical (unpaired) electrons. The van der Waals surface area contributed by atoms with Gasteiger partial charge in [-0.25, -0.2) is 4.79 Å². The Labute approximate surface area is 95.5 Å². The van der Waals surface area contributed by atoms with Gasteiger partial charge in [-0.05, 0) is 18.9 Å². The van der Waals surface area contributed by atoms with E-state index in [1.807, 2.05) is 6.92 Å². The van der Waals surface area contributed by atoms with E-state index in [1.165, 1.54) is 0 Å². The zero-order valence-corrected chi connectivity index (χ0v) is 9.73. The van der Waals surface area contributed by atoms with Gasteiger partial charge in [-0.3, -0.25) is 4.79 Å². The fraction of sp³-hybridized carbons (Fsp3) is 0.636. The van der Waals surface area contributed by atoms with Crippen molar-refractivity contribution in [1.82, 2.24) is 5.32 Å². The topological polar surface area (TPSA) is 75.6 Å². The van der Waals surface area contributed by atoms with E-state index in [-0.39, 0.29) is 6.61 Å². The van der Waals surface area contributed by atoms with Gasteiger partial charge in [0.05, 0.1) is 6.61 Å². The lowest BCUT2D eigenvalue weighted by Crippen LogP contribution is -2.47. The van der Waals surface area contributed by atoms with Gasteiger partial charge in [0.15, 0.2) is 6.04 Å². The maximum atomic E-state index is 11.4.